The van der Waals surface area contributed by atoms with Crippen LogP contribution in [0.25, 0.3) is 10.9 Å². The largest absolute Gasteiger partial charge is 0.448 e. The van der Waals surface area contributed by atoms with E-state index in [0.717, 1.165) is 56.4 Å². The number of aromatic nitrogens is 3. The summed E-state index contributed by atoms with van der Waals surface area (Å²) in [6, 6.07) is 6.03. The molecule has 5 rings (SSSR count). The van der Waals surface area contributed by atoms with E-state index in [0.29, 0.717) is 11.3 Å². The molecule has 1 saturated carbocycles. The van der Waals surface area contributed by atoms with Crippen molar-refractivity contribution in [3.63, 3.8) is 0 Å². The zero-order valence-electron chi connectivity index (χ0n) is 15.3. The van der Waals surface area contributed by atoms with E-state index < -0.39 is 0 Å². The summed E-state index contributed by atoms with van der Waals surface area (Å²) in [4.78, 5) is 26.1. The molecule has 3 heterocycles. The topological polar surface area (TPSA) is 67.4 Å². The maximum absolute atomic E-state index is 12.7. The van der Waals surface area contributed by atoms with E-state index in [9.17, 15) is 4.79 Å². The molecule has 0 spiro atoms. The molecule has 7 heteroatoms. The predicted octanol–water partition coefficient (Wildman–Crippen LogP) is 2.12. The van der Waals surface area contributed by atoms with E-state index >= 15 is 0 Å². The van der Waals surface area contributed by atoms with Gasteiger partial charge in [0, 0.05) is 38.4 Å². The number of rotatable bonds is 5. The molecule has 1 aromatic carbocycles. The van der Waals surface area contributed by atoms with Crippen LogP contribution in [0, 0.1) is 5.92 Å². The minimum absolute atomic E-state index is 0.0780. The van der Waals surface area contributed by atoms with E-state index in [1.165, 1.54) is 12.8 Å². The van der Waals surface area contributed by atoms with Crippen LogP contribution in [-0.2, 0) is 13.1 Å². The Kier molecular flexibility index (Phi) is 4.16. The third-order valence-electron chi connectivity index (χ3n) is 5.54. The lowest BCUT2D eigenvalue weighted by Gasteiger charge is -2.35. The van der Waals surface area contributed by atoms with Crippen LogP contribution in [-0.4, -0.2) is 45.6 Å². The van der Waals surface area contributed by atoms with Gasteiger partial charge in [-0.15, -0.1) is 0 Å². The summed E-state index contributed by atoms with van der Waals surface area (Å²) < 4.78 is 7.10. The summed E-state index contributed by atoms with van der Waals surface area (Å²) in [6.07, 6.45) is 7.47. The van der Waals surface area contributed by atoms with Crippen LogP contribution in [0.4, 0.5) is 5.69 Å². The first-order chi connectivity index (χ1) is 13.3. The Morgan fingerprint density at radius 2 is 1.96 bits per heavy atom. The second kappa shape index (κ2) is 6.81. The number of piperazine rings is 1. The van der Waals surface area contributed by atoms with Crippen LogP contribution in [0.1, 0.15) is 18.7 Å². The Labute approximate surface area is 157 Å². The maximum Gasteiger partial charge on any atom is 0.261 e. The summed E-state index contributed by atoms with van der Waals surface area (Å²) in [5, 5.41) is 0.712. The van der Waals surface area contributed by atoms with E-state index in [2.05, 4.69) is 25.8 Å². The Morgan fingerprint density at radius 3 is 2.70 bits per heavy atom. The molecule has 0 bridgehead atoms. The highest BCUT2D eigenvalue weighted by Crippen LogP contribution is 2.30. The molecule has 0 amide bonds. The van der Waals surface area contributed by atoms with Gasteiger partial charge in [-0.25, -0.2) is 9.97 Å². The summed E-state index contributed by atoms with van der Waals surface area (Å²) in [5.74, 6) is 1.43. The van der Waals surface area contributed by atoms with Crippen molar-refractivity contribution in [3.05, 3.63) is 53.2 Å². The molecule has 7 nitrogen and oxygen atoms in total. The van der Waals surface area contributed by atoms with E-state index in [1.54, 1.807) is 23.4 Å². The van der Waals surface area contributed by atoms with Crippen LogP contribution in [0.2, 0.25) is 0 Å². The van der Waals surface area contributed by atoms with Gasteiger partial charge in [0.1, 0.15) is 6.26 Å². The summed E-state index contributed by atoms with van der Waals surface area (Å²) in [7, 11) is 0. The molecule has 2 fully saturated rings. The molecule has 0 N–H and O–H groups in total. The quantitative estimate of drug-likeness (QED) is 0.690. The summed E-state index contributed by atoms with van der Waals surface area (Å²) in [6.45, 7) is 5.33. The van der Waals surface area contributed by atoms with Crippen LogP contribution in [0.3, 0.4) is 0 Å². The lowest BCUT2D eigenvalue weighted by molar-refractivity contribution is 0.226. The monoisotopic (exact) mass is 365 g/mol. The van der Waals surface area contributed by atoms with Gasteiger partial charge in [-0.05, 0) is 37.0 Å². The molecule has 27 heavy (non-hydrogen) atoms. The van der Waals surface area contributed by atoms with Crippen molar-refractivity contribution < 1.29 is 4.42 Å². The minimum Gasteiger partial charge on any atom is -0.448 e. The number of anilines is 1. The second-order valence-corrected chi connectivity index (χ2v) is 7.54. The highest BCUT2D eigenvalue weighted by atomic mass is 16.3. The molecule has 1 saturated heterocycles. The van der Waals surface area contributed by atoms with Crippen LogP contribution in [0.15, 0.2) is 46.2 Å². The summed E-state index contributed by atoms with van der Waals surface area (Å²) in [5.41, 5.74) is 1.99. The predicted molar refractivity (Wildman–Crippen MR) is 103 cm³/mol. The number of nitrogens with zero attached hydrogens (tertiary/aromatic N) is 5. The van der Waals surface area contributed by atoms with Gasteiger partial charge in [-0.2, -0.15) is 0 Å². The zero-order valence-corrected chi connectivity index (χ0v) is 15.3. The zero-order chi connectivity index (χ0) is 18.2. The average Bonchev–Trinajstić information content (AvgIpc) is 3.37. The molecular weight excluding hydrogens is 342 g/mol. The average molecular weight is 365 g/mol. The third kappa shape index (κ3) is 3.47. The molecule has 3 aromatic rings. The first kappa shape index (κ1) is 16.5. The summed E-state index contributed by atoms with van der Waals surface area (Å²) >= 11 is 0. The molecule has 140 valence electrons. The van der Waals surface area contributed by atoms with Gasteiger partial charge in [-0.1, -0.05) is 0 Å². The van der Waals surface area contributed by atoms with Crippen molar-refractivity contribution in [3.8, 4) is 0 Å². The smallest absolute Gasteiger partial charge is 0.261 e. The minimum atomic E-state index is 0.0780. The van der Waals surface area contributed by atoms with E-state index in [4.69, 9.17) is 4.42 Å². The number of benzene rings is 1. The highest BCUT2D eigenvalue weighted by molar-refractivity contribution is 5.81. The van der Waals surface area contributed by atoms with E-state index in [-0.39, 0.29) is 5.56 Å². The molecule has 0 radical (unpaired) electrons. The molecular formula is C20H23N5O2. The van der Waals surface area contributed by atoms with Gasteiger partial charge >= 0.3 is 0 Å². The Bertz CT molecular complexity index is 985. The Balaban J connectivity index is 1.30. The lowest BCUT2D eigenvalue weighted by atomic mass is 10.2. The lowest BCUT2D eigenvalue weighted by Crippen LogP contribution is -2.46. The molecule has 1 aliphatic carbocycles. The second-order valence-electron chi connectivity index (χ2n) is 7.54. The van der Waals surface area contributed by atoms with Crippen molar-refractivity contribution in [2.24, 2.45) is 5.92 Å². The van der Waals surface area contributed by atoms with Crippen molar-refractivity contribution in [2.75, 3.05) is 31.1 Å². The Hall–Kier alpha value is -2.67. The molecule has 0 unspecified atom stereocenters. The molecule has 2 aromatic heterocycles. The van der Waals surface area contributed by atoms with Gasteiger partial charge in [0.2, 0.25) is 5.89 Å². The molecule has 1 aliphatic heterocycles. The fourth-order valence-corrected chi connectivity index (χ4v) is 3.74. The van der Waals surface area contributed by atoms with Gasteiger partial charge in [-0.3, -0.25) is 14.3 Å². The Morgan fingerprint density at radius 1 is 1.11 bits per heavy atom. The number of fused-ring (bicyclic) bond motifs is 1. The SMILES string of the molecule is O=c1c2ccc(N3CCN(Cc4ncco4)CC3)cc2ncn1CC1CC1. The molecule has 0 atom stereocenters. The number of hydrogen-bond donors (Lipinski definition) is 0. The molecule has 2 aliphatic rings. The number of hydrogen-bond acceptors (Lipinski definition) is 6. The first-order valence-electron chi connectivity index (χ1n) is 9.61. The maximum atomic E-state index is 12.7. The van der Waals surface area contributed by atoms with Crippen LogP contribution < -0.4 is 10.5 Å². The van der Waals surface area contributed by atoms with Crippen molar-refractivity contribution in [1.82, 2.24) is 19.4 Å². The van der Waals surface area contributed by atoms with Crippen LogP contribution in [0.5, 0.6) is 0 Å². The normalized spacial score (nSPS) is 18.3. The van der Waals surface area contributed by atoms with Crippen molar-refractivity contribution in [1.29, 1.82) is 0 Å². The van der Waals surface area contributed by atoms with Crippen molar-refractivity contribution in [2.45, 2.75) is 25.9 Å². The van der Waals surface area contributed by atoms with Gasteiger partial charge < -0.3 is 9.32 Å². The number of oxazole rings is 1. The van der Waals surface area contributed by atoms with E-state index in [1.807, 2.05) is 12.1 Å². The van der Waals surface area contributed by atoms with Gasteiger partial charge in [0.15, 0.2) is 0 Å². The standard InChI is InChI=1S/C20H23N5O2/c26-20-17-4-3-16(11-18(17)22-14-25(20)12-15-1-2-15)24-8-6-23(7-9-24)13-19-21-5-10-27-19/h3-5,10-11,14-15H,1-2,6-9,12-13H2. The van der Waals surface area contributed by atoms with Crippen molar-refractivity contribution >= 4 is 16.6 Å². The highest BCUT2D eigenvalue weighted by Gasteiger charge is 2.23. The first-order valence-corrected chi connectivity index (χ1v) is 9.61. The fraction of sp³-hybridized carbons (Fsp3) is 0.450. The van der Waals surface area contributed by atoms with Gasteiger partial charge in [0.25, 0.3) is 5.56 Å². The van der Waals surface area contributed by atoms with Gasteiger partial charge in [0.05, 0.1) is 30.0 Å². The fourth-order valence-electron chi connectivity index (χ4n) is 3.74. The third-order valence-corrected chi connectivity index (χ3v) is 5.54. The van der Waals surface area contributed by atoms with Crippen LogP contribution >= 0.6 is 0 Å².